The summed E-state index contributed by atoms with van der Waals surface area (Å²) < 4.78 is 213. The van der Waals surface area contributed by atoms with Crippen LogP contribution in [-0.2, 0) is 114 Å². The molecule has 0 radical (unpaired) electrons. The molecule has 14 N–H and O–H groups in total. The van der Waals surface area contributed by atoms with Crippen LogP contribution in [0.15, 0.2) is 97.2 Å². The van der Waals surface area contributed by atoms with Gasteiger partial charge in [-0.1, -0.05) is 64.4 Å². The number of nitrogens with two attached hydrogens (primary N) is 5. The summed E-state index contributed by atoms with van der Waals surface area (Å²) in [4.78, 5) is 107. The summed E-state index contributed by atoms with van der Waals surface area (Å²) >= 11 is -3.08. The Bertz CT molecular complexity index is 6100. The number of carboxylic acid groups (broad SMARTS) is 1. The van der Waals surface area contributed by atoms with Gasteiger partial charge >= 0.3 is 72.1 Å². The zero-order valence-electron chi connectivity index (χ0n) is 80.7. The quantitative estimate of drug-likeness (QED) is 0.00430. The van der Waals surface area contributed by atoms with Crippen LogP contribution >= 0.6 is 57.9 Å². The van der Waals surface area contributed by atoms with E-state index >= 15 is 0 Å². The lowest BCUT2D eigenvalue weighted by Gasteiger charge is -2.25. The average Bonchev–Trinajstić information content (AvgIpc) is 1.67. The summed E-state index contributed by atoms with van der Waals surface area (Å²) in [5.41, 5.74) is 33.5. The van der Waals surface area contributed by atoms with Crippen LogP contribution in [0.4, 0.5) is 62.8 Å². The lowest BCUT2D eigenvalue weighted by atomic mass is 10.3. The minimum atomic E-state index is -6.17. The van der Waals surface area contributed by atoms with E-state index in [1.165, 1.54) is 28.1 Å². The number of hydrogen-bond acceptors (Lipinski definition) is 40. The minimum Gasteiger partial charge on any atom is -0.478 e. The summed E-state index contributed by atoms with van der Waals surface area (Å²) in [6.07, 6.45) is -6.68. The molecule has 0 saturated heterocycles. The molecule has 0 aliphatic heterocycles. The number of nitrogens with zero attached hydrogens (tertiary/aromatic N) is 18. The number of aromatic nitrogens is 20. The third-order valence-corrected chi connectivity index (χ3v) is 24.1. The molecule has 0 bridgehead atoms. The number of aliphatic hydroxyl groups excluding tert-OH is 1. The van der Waals surface area contributed by atoms with Gasteiger partial charge in [-0.3, -0.25) is 28.0 Å². The Labute approximate surface area is 810 Å². The number of esters is 2. The number of halogens is 9. The van der Waals surface area contributed by atoms with Crippen LogP contribution in [0.5, 0.6) is 0 Å². The van der Waals surface area contributed by atoms with E-state index in [1.54, 1.807) is 154 Å². The van der Waals surface area contributed by atoms with Crippen molar-refractivity contribution >= 4 is 161 Å². The molecule has 10 aromatic rings. The van der Waals surface area contributed by atoms with Crippen LogP contribution in [0, 0.1) is 27.7 Å². The predicted molar refractivity (Wildman–Crippen MR) is 513 cm³/mol. The van der Waals surface area contributed by atoms with Crippen LogP contribution in [0.3, 0.4) is 0 Å². The number of H-pyrrole nitrogens is 2. The maximum absolute atomic E-state index is 14.5. The monoisotopic (exact) mass is 2160 g/mol. The van der Waals surface area contributed by atoms with Gasteiger partial charge in [-0.15, -0.1) is 0 Å². The van der Waals surface area contributed by atoms with Crippen molar-refractivity contribution in [2.24, 2.45) is 0 Å². The van der Waals surface area contributed by atoms with Crippen molar-refractivity contribution in [3.05, 3.63) is 126 Å². The number of nitrogens with one attached hydrogen (secondary N) is 2. The standard InChI is InChI=1S/C17H26F2N5O4P.C17H26N5O5P.C16H24F2N5O5P.C10H11N5O2.C7H17O4P.C6H9BrO2.C6H7N5.F4S/c1-10(2)27-29(25,28-11(3)4)9-26-17(18,19)12(5)7-24-8-21-14-13(6)22-16(20)23-15(14)24;1-10(2)26-28(24,27-11(3)4)9-25-16(23)12(5)7-22-8-19-14-13(6)20-17(18)21-15(14)22;1-9(2)27-29(25,28-10(3)4)8-26-16(17,18)11(5)6-23-7-20-12-13(23)21-15(19)22-14(12)24;1-5(9(16)17)3-15-4-12-7-6(2)13-10(11)14-8(7)15;1-6(2)10-12(9,5-8)11-7(3)4;1-3-9-6(8)5(2)4-7;1-3-4-5(9-2-8-4)11-6(7)10-3;1-5(2,3)4/h8,10-11H,5,7,9H2,1-4,6H3,(H2,20,22,23);8,10-11H,5,7,9H2,1-4,6H3,(H2,18,20,21);7,9-10H,5-6,8H2,1-4H3,(H3,19,21,22,24);4H,1,3H2,2H3,(H,16,17)(H2,11,13,14);6-8H,5H2,1-4H3;2-4H2,1H3;2H,1H3,(H3,7,8,9,10,11);. The van der Waals surface area contributed by atoms with Gasteiger partial charge < -0.3 is 117 Å². The number of aliphatic carboxylic acids is 1. The van der Waals surface area contributed by atoms with E-state index in [1.807, 2.05) is 6.92 Å². The van der Waals surface area contributed by atoms with Crippen molar-refractivity contribution in [3.8, 4) is 0 Å². The third-order valence-electron chi connectivity index (χ3n) is 15.8. The highest BCUT2D eigenvalue weighted by molar-refractivity contribution is 9.09. The molecular formula is C79H120BrF8N25O22P4S. The highest BCUT2D eigenvalue weighted by atomic mass is 79.9. The first kappa shape index (κ1) is 124. The zero-order chi connectivity index (χ0) is 107. The second-order valence-corrected chi connectivity index (χ2v) is 40.3. The smallest absolute Gasteiger partial charge is 0.381 e. The number of aromatic amines is 2. The maximum atomic E-state index is 14.5. The second-order valence-electron chi connectivity index (χ2n) is 31.4. The van der Waals surface area contributed by atoms with Gasteiger partial charge in [0.2, 0.25) is 29.7 Å². The van der Waals surface area contributed by atoms with Crippen LogP contribution in [-0.4, -0.2) is 225 Å². The number of fused-ring (bicyclic) bond motifs is 5. The summed E-state index contributed by atoms with van der Waals surface area (Å²) in [6.45, 7) is 52.7. The Morgan fingerprint density at radius 3 is 1.08 bits per heavy atom. The summed E-state index contributed by atoms with van der Waals surface area (Å²) in [7, 11) is -14.7. The highest BCUT2D eigenvalue weighted by Gasteiger charge is 2.42. The lowest BCUT2D eigenvalue weighted by Crippen LogP contribution is -2.27. The molecule has 0 spiro atoms. The molecule has 10 heterocycles. The van der Waals surface area contributed by atoms with Crippen LogP contribution in [0.1, 0.15) is 140 Å². The molecule has 10 aromatic heterocycles. The Hall–Kier alpha value is -10.6. The fourth-order valence-electron chi connectivity index (χ4n) is 10.9. The number of carboxylic acids is 1. The molecule has 0 aliphatic carbocycles. The number of rotatable bonds is 40. The molecule has 61 heteroatoms. The number of alkyl halides is 5. The molecule has 0 atom stereocenters. The third kappa shape index (κ3) is 42.3. The lowest BCUT2D eigenvalue weighted by molar-refractivity contribution is -0.202. The van der Waals surface area contributed by atoms with Crippen LogP contribution < -0.4 is 34.2 Å². The number of nitrogen functional groups attached to an aromatic ring is 5. The molecule has 0 amide bonds. The SMILES string of the molecule is C=C(CBr)C(=O)OCC.C=C(Cn1cnc2c(=O)[nH]c(N)nc21)C(F)(F)OCP(=O)(OC(C)C)OC(C)C.C=C(Cn1cnc2c(C)nc(N)nc21)C(=O)O.C=C(Cn1cnc2c(C)nc(N)nc21)C(=O)OCP(=O)(OC(C)C)OC(C)C.C=C(Cn1cnc2c(C)nc(N)nc21)C(F)(F)OCP(=O)(OC(C)C)OC(C)C.CC(C)OP(=O)(CO)OC(C)C.Cc1nc(N)nc2nc[nH]c12.FS(F)(F)F. The Kier molecular flexibility index (Phi) is 48.7. The van der Waals surface area contributed by atoms with Crippen LogP contribution in [0.25, 0.3) is 55.8 Å². The van der Waals surface area contributed by atoms with Gasteiger partial charge in [0.25, 0.3) is 5.56 Å². The van der Waals surface area contributed by atoms with E-state index in [0.717, 1.165) is 17.5 Å². The number of ether oxygens (including phenoxy) is 4. The number of aliphatic hydroxyl groups is 1. The Balaban J connectivity index is 0.000000431. The highest BCUT2D eigenvalue weighted by Crippen LogP contribution is 2.56. The van der Waals surface area contributed by atoms with E-state index in [2.05, 4.69) is 143 Å². The van der Waals surface area contributed by atoms with Crippen molar-refractivity contribution < 1.29 is 131 Å². The topological polar surface area (TPSA) is 650 Å². The molecule has 0 fully saturated rings. The second kappa shape index (κ2) is 55.2. The molecule has 10 rings (SSSR count). The van der Waals surface area contributed by atoms with Crippen molar-refractivity contribution in [2.75, 3.05) is 66.0 Å². The molecular weight excluding hydrogens is 2040 g/mol. The van der Waals surface area contributed by atoms with Gasteiger partial charge in [0.05, 0.1) is 136 Å². The Morgan fingerprint density at radius 1 is 0.450 bits per heavy atom. The van der Waals surface area contributed by atoms with E-state index in [4.69, 9.17) is 79.8 Å². The summed E-state index contributed by atoms with van der Waals surface area (Å²) in [6, 6.07) is 0. The maximum Gasteiger partial charge on any atom is 0.381 e. The van der Waals surface area contributed by atoms with E-state index in [-0.39, 0.29) is 102 Å². The van der Waals surface area contributed by atoms with Gasteiger partial charge in [-0.2, -0.15) is 42.5 Å². The fourth-order valence-corrected chi connectivity index (χ4v) is 17.8. The summed E-state index contributed by atoms with van der Waals surface area (Å²) in [5, 5.41) is 18.0. The zero-order valence-corrected chi connectivity index (χ0v) is 86.7. The van der Waals surface area contributed by atoms with Gasteiger partial charge in [0, 0.05) is 33.2 Å². The number of anilines is 5. The van der Waals surface area contributed by atoms with Crippen molar-refractivity contribution in [2.45, 2.75) is 233 Å². The molecule has 0 aromatic carbocycles. The van der Waals surface area contributed by atoms with Crippen molar-refractivity contribution in [3.63, 3.8) is 0 Å². The first-order valence-electron chi connectivity index (χ1n) is 41.6. The van der Waals surface area contributed by atoms with Gasteiger partial charge in [-0.25, -0.2) is 59.2 Å². The molecule has 0 unspecified atom stereocenters. The number of aryl methyl sites for hydroxylation is 4. The Morgan fingerprint density at radius 2 is 0.750 bits per heavy atom. The molecule has 0 saturated carbocycles. The number of carbonyl (C=O) groups is 3. The predicted octanol–water partition coefficient (Wildman–Crippen LogP) is 16.0. The average molecular weight is 2160 g/mol. The number of carbonyl (C=O) groups excluding carboxylic acids is 2. The minimum absolute atomic E-state index is 0.00276. The first-order valence-corrected chi connectivity index (χ1v) is 50.9. The first-order chi connectivity index (χ1) is 64.5. The van der Waals surface area contributed by atoms with Crippen molar-refractivity contribution in [1.82, 2.24) is 98.0 Å². The number of hydrogen-bond donors (Lipinski definition) is 9. The van der Waals surface area contributed by atoms with Crippen LogP contribution in [0.2, 0.25) is 0 Å². The molecule has 140 heavy (non-hydrogen) atoms. The number of imidazole rings is 5. The van der Waals surface area contributed by atoms with E-state index in [0.29, 0.717) is 73.7 Å². The van der Waals surface area contributed by atoms with Crippen molar-refractivity contribution in [1.29, 1.82) is 0 Å². The normalized spacial score (nSPS) is 12.1. The van der Waals surface area contributed by atoms with Gasteiger partial charge in [-0.05, 0) is 145 Å². The largest absolute Gasteiger partial charge is 0.478 e. The molecule has 0 aliphatic rings. The molecule has 47 nitrogen and oxygen atoms in total. The molecule has 782 valence electrons. The van der Waals surface area contributed by atoms with E-state index in [9.17, 15) is 70.5 Å². The van der Waals surface area contributed by atoms with E-state index < -0.39 is 139 Å². The van der Waals surface area contributed by atoms with Gasteiger partial charge in [0.15, 0.2) is 52.8 Å². The summed E-state index contributed by atoms with van der Waals surface area (Å²) in [5.74, 6) is -1.77. The fraction of sp³-hybridized carbons (Fsp3) is 0.519. The van der Waals surface area contributed by atoms with Gasteiger partial charge in [0.1, 0.15) is 28.4 Å².